The summed E-state index contributed by atoms with van der Waals surface area (Å²) in [5, 5.41) is 0. The highest BCUT2D eigenvalue weighted by Gasteiger charge is 2.32. The van der Waals surface area contributed by atoms with Gasteiger partial charge in [-0.15, -0.1) is 11.8 Å². The van der Waals surface area contributed by atoms with Gasteiger partial charge in [0.2, 0.25) is 0 Å². The Morgan fingerprint density at radius 2 is 1.92 bits per heavy atom. The Bertz CT molecular complexity index is 527. The summed E-state index contributed by atoms with van der Waals surface area (Å²) in [6.07, 6.45) is 11.1. The normalized spacial score (nSPS) is 13.5. The van der Waals surface area contributed by atoms with Gasteiger partial charge in [0.15, 0.2) is 0 Å². The van der Waals surface area contributed by atoms with Gasteiger partial charge in [-0.05, 0) is 25.3 Å². The third-order valence-corrected chi connectivity index (χ3v) is 5.26. The van der Waals surface area contributed by atoms with E-state index in [1.54, 1.807) is 0 Å². The molecule has 0 unspecified atom stereocenters. The SMILES string of the molecule is CCCCCC/C=C/[C@](C)(SCCC=O)C(=O)OCc1ccccc1. The van der Waals surface area contributed by atoms with E-state index in [2.05, 4.69) is 13.0 Å². The highest BCUT2D eigenvalue weighted by molar-refractivity contribution is 8.01. The molecule has 0 heterocycles. The highest BCUT2D eigenvalue weighted by atomic mass is 32.2. The molecule has 0 saturated carbocycles. The summed E-state index contributed by atoms with van der Waals surface area (Å²) < 4.78 is 4.77. The van der Waals surface area contributed by atoms with Crippen molar-refractivity contribution >= 4 is 24.0 Å². The topological polar surface area (TPSA) is 43.4 Å². The molecule has 0 aliphatic rings. The number of carbonyl (C=O) groups is 2. The minimum atomic E-state index is -0.747. The minimum absolute atomic E-state index is 0.253. The second-order valence-corrected chi connectivity index (χ2v) is 7.77. The van der Waals surface area contributed by atoms with Gasteiger partial charge in [-0.3, -0.25) is 4.79 Å². The van der Waals surface area contributed by atoms with E-state index in [9.17, 15) is 9.59 Å². The van der Waals surface area contributed by atoms with E-state index in [1.807, 2.05) is 43.3 Å². The van der Waals surface area contributed by atoms with Crippen LogP contribution >= 0.6 is 11.8 Å². The Morgan fingerprint density at radius 1 is 1.16 bits per heavy atom. The molecule has 1 aromatic carbocycles. The lowest BCUT2D eigenvalue weighted by atomic mass is 10.1. The third-order valence-electron chi connectivity index (χ3n) is 3.92. The molecule has 0 aromatic heterocycles. The van der Waals surface area contributed by atoms with Gasteiger partial charge in [0, 0.05) is 12.2 Å². The van der Waals surface area contributed by atoms with Gasteiger partial charge in [0.05, 0.1) is 0 Å². The maximum absolute atomic E-state index is 12.6. The summed E-state index contributed by atoms with van der Waals surface area (Å²) in [6.45, 7) is 4.34. The van der Waals surface area contributed by atoms with E-state index >= 15 is 0 Å². The molecule has 0 saturated heterocycles. The Hall–Kier alpha value is -1.55. The number of allylic oxidation sites excluding steroid dienone is 1. The summed E-state index contributed by atoms with van der Waals surface area (Å²) in [4.78, 5) is 23.2. The molecular weight excluding hydrogens is 332 g/mol. The van der Waals surface area contributed by atoms with Crippen molar-refractivity contribution in [2.24, 2.45) is 0 Å². The van der Waals surface area contributed by atoms with Crippen molar-refractivity contribution in [3.8, 4) is 0 Å². The first kappa shape index (κ1) is 21.5. The number of thioether (sulfide) groups is 1. The van der Waals surface area contributed by atoms with E-state index in [-0.39, 0.29) is 12.6 Å². The van der Waals surface area contributed by atoms with Gasteiger partial charge in [0.25, 0.3) is 0 Å². The molecule has 138 valence electrons. The predicted octanol–water partition coefficient (Wildman–Crippen LogP) is 5.34. The quantitative estimate of drug-likeness (QED) is 0.206. The van der Waals surface area contributed by atoms with Crippen LogP contribution in [0.4, 0.5) is 0 Å². The number of esters is 1. The van der Waals surface area contributed by atoms with E-state index < -0.39 is 4.75 Å². The number of rotatable bonds is 13. The van der Waals surface area contributed by atoms with Crippen LogP contribution in [-0.2, 0) is 20.9 Å². The van der Waals surface area contributed by atoms with Crippen LogP contribution in [0.5, 0.6) is 0 Å². The second-order valence-electron chi connectivity index (χ2n) is 6.22. The zero-order valence-corrected chi connectivity index (χ0v) is 16.2. The minimum Gasteiger partial charge on any atom is -0.460 e. The molecule has 0 radical (unpaired) electrons. The first-order chi connectivity index (χ1) is 12.1. The van der Waals surface area contributed by atoms with Crippen LogP contribution in [0.15, 0.2) is 42.5 Å². The number of unbranched alkanes of at least 4 members (excludes halogenated alkanes) is 4. The maximum Gasteiger partial charge on any atom is 0.326 e. The van der Waals surface area contributed by atoms with Crippen molar-refractivity contribution in [2.75, 3.05) is 5.75 Å². The number of benzene rings is 1. The fraction of sp³-hybridized carbons (Fsp3) is 0.524. The van der Waals surface area contributed by atoms with Gasteiger partial charge in [-0.25, -0.2) is 0 Å². The van der Waals surface area contributed by atoms with Crippen LogP contribution in [0, 0.1) is 0 Å². The molecule has 3 nitrogen and oxygen atoms in total. The third kappa shape index (κ3) is 8.92. The molecule has 1 aromatic rings. The van der Waals surface area contributed by atoms with Crippen molar-refractivity contribution in [1.29, 1.82) is 0 Å². The number of hydrogen-bond donors (Lipinski definition) is 0. The standard InChI is InChI=1S/C21H30O3S/c1-3-4-5-6-7-11-15-21(2,25-17-12-16-22)20(23)24-18-19-13-9-8-10-14-19/h8-11,13-16H,3-7,12,17-18H2,1-2H3/b15-11+/t21-/m0/s1. The van der Waals surface area contributed by atoms with Crippen molar-refractivity contribution in [3.05, 3.63) is 48.0 Å². The second kappa shape index (κ2) is 12.8. The van der Waals surface area contributed by atoms with Crippen molar-refractivity contribution in [1.82, 2.24) is 0 Å². The monoisotopic (exact) mass is 362 g/mol. The fourth-order valence-electron chi connectivity index (χ4n) is 2.36. The molecule has 0 aliphatic carbocycles. The molecule has 0 fully saturated rings. The molecule has 1 rings (SSSR count). The van der Waals surface area contributed by atoms with Gasteiger partial charge in [0.1, 0.15) is 17.6 Å². The summed E-state index contributed by atoms with van der Waals surface area (Å²) >= 11 is 1.47. The predicted molar refractivity (Wildman–Crippen MR) is 106 cm³/mol. The molecular formula is C21H30O3S. The first-order valence-corrected chi connectivity index (χ1v) is 10.1. The number of carbonyl (C=O) groups excluding carboxylic acids is 2. The molecule has 1 atom stereocenters. The van der Waals surface area contributed by atoms with Crippen molar-refractivity contribution in [3.63, 3.8) is 0 Å². The molecule has 0 amide bonds. The molecule has 4 heteroatoms. The molecule has 0 spiro atoms. The van der Waals surface area contributed by atoms with Crippen LogP contribution in [-0.4, -0.2) is 22.8 Å². The highest BCUT2D eigenvalue weighted by Crippen LogP contribution is 2.29. The largest absolute Gasteiger partial charge is 0.460 e. The zero-order valence-electron chi connectivity index (χ0n) is 15.4. The Labute approximate surface area is 156 Å². The molecule has 25 heavy (non-hydrogen) atoms. The molecule has 0 aliphatic heterocycles. The lowest BCUT2D eigenvalue weighted by Crippen LogP contribution is -2.32. The average molecular weight is 363 g/mol. The van der Waals surface area contributed by atoms with Gasteiger partial charge in [-0.1, -0.05) is 68.7 Å². The molecule has 0 N–H and O–H groups in total. The maximum atomic E-state index is 12.6. The van der Waals surface area contributed by atoms with E-state index in [0.29, 0.717) is 12.2 Å². The van der Waals surface area contributed by atoms with Crippen LogP contribution < -0.4 is 0 Å². The van der Waals surface area contributed by atoms with Crippen LogP contribution in [0.2, 0.25) is 0 Å². The fourth-order valence-corrected chi connectivity index (χ4v) is 3.37. The summed E-state index contributed by atoms with van der Waals surface area (Å²) in [6, 6.07) is 9.67. The zero-order chi connectivity index (χ0) is 18.4. The Balaban J connectivity index is 2.60. The number of aldehydes is 1. The Kier molecular flexibility index (Phi) is 11.0. The van der Waals surface area contributed by atoms with E-state index in [4.69, 9.17) is 4.74 Å². The van der Waals surface area contributed by atoms with Crippen molar-refractivity contribution < 1.29 is 14.3 Å². The molecule has 0 bridgehead atoms. The lowest BCUT2D eigenvalue weighted by Gasteiger charge is -2.23. The first-order valence-electron chi connectivity index (χ1n) is 9.09. The summed E-state index contributed by atoms with van der Waals surface area (Å²) in [5.74, 6) is 0.359. The summed E-state index contributed by atoms with van der Waals surface area (Å²) in [5.41, 5.74) is 0.972. The number of hydrogen-bond acceptors (Lipinski definition) is 4. The summed E-state index contributed by atoms with van der Waals surface area (Å²) in [7, 11) is 0. The van der Waals surface area contributed by atoms with Crippen LogP contribution in [0.1, 0.15) is 57.9 Å². The lowest BCUT2D eigenvalue weighted by molar-refractivity contribution is -0.146. The van der Waals surface area contributed by atoms with Crippen LogP contribution in [0.25, 0.3) is 0 Å². The van der Waals surface area contributed by atoms with Gasteiger partial charge < -0.3 is 9.53 Å². The van der Waals surface area contributed by atoms with Crippen LogP contribution in [0.3, 0.4) is 0 Å². The Morgan fingerprint density at radius 3 is 2.60 bits per heavy atom. The smallest absolute Gasteiger partial charge is 0.326 e. The van der Waals surface area contributed by atoms with E-state index in [1.165, 1.54) is 31.0 Å². The van der Waals surface area contributed by atoms with Crippen molar-refractivity contribution in [2.45, 2.75) is 63.7 Å². The van der Waals surface area contributed by atoms with Gasteiger partial charge in [-0.2, -0.15) is 0 Å². The average Bonchev–Trinajstić information content (AvgIpc) is 2.63. The number of ether oxygens (including phenoxy) is 1. The van der Waals surface area contributed by atoms with Gasteiger partial charge >= 0.3 is 5.97 Å². The van der Waals surface area contributed by atoms with E-state index in [0.717, 1.165) is 24.7 Å².